The van der Waals surface area contributed by atoms with Gasteiger partial charge in [0.15, 0.2) is 0 Å². The van der Waals surface area contributed by atoms with Crippen molar-refractivity contribution in [3.8, 4) is 0 Å². The highest BCUT2D eigenvalue weighted by atomic mass is 32.2. The van der Waals surface area contributed by atoms with E-state index in [0.717, 1.165) is 50.0 Å². The van der Waals surface area contributed by atoms with E-state index in [0.29, 0.717) is 4.31 Å². The van der Waals surface area contributed by atoms with E-state index in [1.165, 1.54) is 41.3 Å². The van der Waals surface area contributed by atoms with Crippen molar-refractivity contribution >= 4 is 27.5 Å². The summed E-state index contributed by atoms with van der Waals surface area (Å²) in [5, 5.41) is 3.08. The summed E-state index contributed by atoms with van der Waals surface area (Å²) in [6, 6.07) is 19.2. The first-order valence-corrected chi connectivity index (χ1v) is 15.6. The van der Waals surface area contributed by atoms with Crippen LogP contribution in [0.25, 0.3) is 0 Å². The molecule has 1 unspecified atom stereocenters. The molecule has 1 aliphatic carbocycles. The minimum atomic E-state index is -4.11. The van der Waals surface area contributed by atoms with Gasteiger partial charge in [0.1, 0.15) is 24.2 Å². The second-order valence-corrected chi connectivity index (χ2v) is 12.3. The van der Waals surface area contributed by atoms with Gasteiger partial charge in [0, 0.05) is 24.6 Å². The van der Waals surface area contributed by atoms with Gasteiger partial charge in [0.2, 0.25) is 21.8 Å². The number of carbonyl (C=O) groups is 2. The van der Waals surface area contributed by atoms with Crippen LogP contribution < -0.4 is 9.62 Å². The van der Waals surface area contributed by atoms with Crippen molar-refractivity contribution in [1.82, 2.24) is 10.2 Å². The molecule has 0 aliphatic heterocycles. The molecule has 7 nitrogen and oxygen atoms in total. The predicted molar refractivity (Wildman–Crippen MR) is 154 cm³/mol. The van der Waals surface area contributed by atoms with Gasteiger partial charge in [-0.2, -0.15) is 0 Å². The van der Waals surface area contributed by atoms with Crippen LogP contribution in [-0.2, 0) is 32.6 Å². The Kier molecular flexibility index (Phi) is 10.1. The molecule has 0 aromatic heterocycles. The van der Waals surface area contributed by atoms with Gasteiger partial charge in [-0.15, -0.1) is 0 Å². The van der Waals surface area contributed by atoms with Crippen LogP contribution in [0.15, 0.2) is 78.9 Å². The summed E-state index contributed by atoms with van der Waals surface area (Å²) in [5.41, 5.74) is 0.651. The molecule has 3 aromatic carbocycles. The lowest BCUT2D eigenvalue weighted by atomic mass is 9.94. The molecule has 0 radical (unpaired) electrons. The number of halogens is 2. The molecule has 218 valence electrons. The highest BCUT2D eigenvalue weighted by Crippen LogP contribution is 2.24. The van der Waals surface area contributed by atoms with Gasteiger partial charge in [0.25, 0.3) is 0 Å². The van der Waals surface area contributed by atoms with Gasteiger partial charge in [0.05, 0.1) is 11.9 Å². The van der Waals surface area contributed by atoms with Crippen molar-refractivity contribution in [2.24, 2.45) is 0 Å². The molecule has 0 bridgehead atoms. The van der Waals surface area contributed by atoms with Gasteiger partial charge in [-0.3, -0.25) is 13.9 Å². The lowest BCUT2D eigenvalue weighted by Crippen LogP contribution is -2.55. The predicted octanol–water partition coefficient (Wildman–Crippen LogP) is 4.82. The lowest BCUT2D eigenvalue weighted by Gasteiger charge is -2.35. The number of rotatable bonds is 11. The van der Waals surface area contributed by atoms with Gasteiger partial charge in [-0.1, -0.05) is 79.9 Å². The standard InChI is InChI=1S/C31H35F2N3O4S/c1-41(39,40)36(28-19-11-10-18-27(28)33)22-30(37)35(21-24-14-8-9-17-26(24)32)29(20-23-12-4-2-5-13-23)31(38)34-25-15-6-3-7-16-25/h2,4-5,8-14,17-19,25,29H,3,6-7,15-16,20-22H2,1H3,(H,34,38). The van der Waals surface area contributed by atoms with Crippen molar-refractivity contribution in [3.05, 3.63) is 102 Å². The number of benzene rings is 3. The summed E-state index contributed by atoms with van der Waals surface area (Å²) in [6.45, 7) is -1.05. The molecule has 41 heavy (non-hydrogen) atoms. The molecule has 1 atom stereocenters. The fraction of sp³-hybridized carbons (Fsp3) is 0.355. The molecular formula is C31H35F2N3O4S. The first-order chi connectivity index (χ1) is 19.6. The second kappa shape index (κ2) is 13.7. The van der Waals surface area contributed by atoms with Crippen LogP contribution in [0, 0.1) is 11.6 Å². The Morgan fingerprint density at radius 1 is 0.878 bits per heavy atom. The molecule has 4 rings (SSSR count). The minimum absolute atomic E-state index is 0.0501. The first-order valence-electron chi connectivity index (χ1n) is 13.7. The third-order valence-electron chi connectivity index (χ3n) is 7.32. The van der Waals surface area contributed by atoms with Gasteiger partial charge in [-0.25, -0.2) is 17.2 Å². The van der Waals surface area contributed by atoms with E-state index in [2.05, 4.69) is 5.32 Å². The van der Waals surface area contributed by atoms with Crippen molar-refractivity contribution in [1.29, 1.82) is 0 Å². The highest BCUT2D eigenvalue weighted by molar-refractivity contribution is 7.92. The third kappa shape index (κ3) is 8.13. The summed E-state index contributed by atoms with van der Waals surface area (Å²) >= 11 is 0. The van der Waals surface area contributed by atoms with Gasteiger partial charge in [-0.05, 0) is 36.6 Å². The average Bonchev–Trinajstić information content (AvgIpc) is 2.95. The van der Waals surface area contributed by atoms with Gasteiger partial charge < -0.3 is 10.2 Å². The van der Waals surface area contributed by atoms with E-state index < -0.39 is 46.1 Å². The Labute approximate surface area is 240 Å². The fourth-order valence-corrected chi connectivity index (χ4v) is 6.01. The first kappa shape index (κ1) is 30.2. The zero-order chi connectivity index (χ0) is 29.4. The molecule has 1 saturated carbocycles. The van der Waals surface area contributed by atoms with E-state index in [1.54, 1.807) is 6.07 Å². The van der Waals surface area contributed by atoms with Crippen molar-refractivity contribution < 1.29 is 26.8 Å². The topological polar surface area (TPSA) is 86.8 Å². The maximum absolute atomic E-state index is 14.9. The molecule has 1 N–H and O–H groups in total. The van der Waals surface area contributed by atoms with Crippen LogP contribution in [0.5, 0.6) is 0 Å². The Hall–Kier alpha value is -3.79. The zero-order valence-corrected chi connectivity index (χ0v) is 23.8. The van der Waals surface area contributed by atoms with E-state index in [-0.39, 0.29) is 30.3 Å². The number of carbonyl (C=O) groups excluding carboxylic acids is 2. The normalized spacial score (nSPS) is 14.7. The quantitative estimate of drug-likeness (QED) is 0.351. The van der Waals surface area contributed by atoms with Crippen LogP contribution >= 0.6 is 0 Å². The monoisotopic (exact) mass is 583 g/mol. The van der Waals surface area contributed by atoms with E-state index in [1.807, 2.05) is 30.3 Å². The number of nitrogens with zero attached hydrogens (tertiary/aromatic N) is 2. The number of anilines is 1. The Morgan fingerprint density at radius 2 is 1.49 bits per heavy atom. The number of para-hydroxylation sites is 1. The van der Waals surface area contributed by atoms with Crippen LogP contribution in [-0.4, -0.2) is 50.0 Å². The highest BCUT2D eigenvalue weighted by Gasteiger charge is 2.35. The van der Waals surface area contributed by atoms with Crippen molar-refractivity contribution in [2.45, 2.75) is 57.2 Å². The maximum Gasteiger partial charge on any atom is 0.244 e. The summed E-state index contributed by atoms with van der Waals surface area (Å²) in [5.74, 6) is -2.54. The molecule has 0 spiro atoms. The lowest BCUT2D eigenvalue weighted by molar-refractivity contribution is -0.140. The Morgan fingerprint density at radius 3 is 2.12 bits per heavy atom. The Bertz CT molecular complexity index is 1450. The molecule has 0 heterocycles. The number of hydrogen-bond donors (Lipinski definition) is 1. The van der Waals surface area contributed by atoms with Crippen LogP contribution in [0.1, 0.15) is 43.2 Å². The van der Waals surface area contributed by atoms with E-state index in [9.17, 15) is 26.8 Å². The molecule has 3 aromatic rings. The third-order valence-corrected chi connectivity index (χ3v) is 8.45. The van der Waals surface area contributed by atoms with E-state index in [4.69, 9.17) is 0 Å². The molecule has 1 fully saturated rings. The maximum atomic E-state index is 14.9. The molecule has 0 saturated heterocycles. The zero-order valence-electron chi connectivity index (χ0n) is 23.0. The second-order valence-electron chi connectivity index (χ2n) is 10.4. The van der Waals surface area contributed by atoms with Gasteiger partial charge >= 0.3 is 0 Å². The number of hydrogen-bond acceptors (Lipinski definition) is 4. The number of amides is 2. The minimum Gasteiger partial charge on any atom is -0.352 e. The molecule has 1 aliphatic rings. The van der Waals surface area contributed by atoms with Crippen molar-refractivity contribution in [3.63, 3.8) is 0 Å². The summed E-state index contributed by atoms with van der Waals surface area (Å²) in [6.07, 6.45) is 5.70. The Balaban J connectivity index is 1.74. The summed E-state index contributed by atoms with van der Waals surface area (Å²) in [7, 11) is -4.11. The summed E-state index contributed by atoms with van der Waals surface area (Å²) in [4.78, 5) is 29.1. The fourth-order valence-electron chi connectivity index (χ4n) is 5.16. The SMILES string of the molecule is CS(=O)(=O)N(CC(=O)N(Cc1ccccc1F)C(Cc1ccccc1)C(=O)NC1CCCCC1)c1ccccc1F. The van der Waals surface area contributed by atoms with Crippen LogP contribution in [0.4, 0.5) is 14.5 Å². The average molecular weight is 584 g/mol. The van der Waals surface area contributed by atoms with Crippen LogP contribution in [0.2, 0.25) is 0 Å². The molecule has 10 heteroatoms. The number of sulfonamides is 1. The largest absolute Gasteiger partial charge is 0.352 e. The molecule has 2 amide bonds. The molecular weight excluding hydrogens is 548 g/mol. The smallest absolute Gasteiger partial charge is 0.244 e. The summed E-state index contributed by atoms with van der Waals surface area (Å²) < 4.78 is 55.8. The van der Waals surface area contributed by atoms with Crippen molar-refractivity contribution in [2.75, 3.05) is 17.1 Å². The van der Waals surface area contributed by atoms with E-state index >= 15 is 0 Å². The number of nitrogens with one attached hydrogen (secondary N) is 1. The van der Waals surface area contributed by atoms with Crippen LogP contribution in [0.3, 0.4) is 0 Å².